The molecule has 17 heavy (non-hydrogen) atoms. The van der Waals surface area contributed by atoms with Gasteiger partial charge in [0.05, 0.1) is 12.1 Å². The summed E-state index contributed by atoms with van der Waals surface area (Å²) in [6.07, 6.45) is 0.200. The summed E-state index contributed by atoms with van der Waals surface area (Å²) in [6.45, 7) is 5.30. The molecule has 4 nitrogen and oxygen atoms in total. The summed E-state index contributed by atoms with van der Waals surface area (Å²) < 4.78 is 5.00. The zero-order valence-corrected chi connectivity index (χ0v) is 9.80. The fraction of sp³-hybridized carbons (Fsp3) is 0.308. The molecule has 2 N–H and O–H groups in total. The Labute approximate surface area is 101 Å². The molecule has 1 rings (SSSR count). The molecule has 2 unspecified atom stereocenters. The molecule has 0 heterocycles. The molecule has 92 valence electrons. The van der Waals surface area contributed by atoms with Crippen LogP contribution in [0.2, 0.25) is 0 Å². The van der Waals surface area contributed by atoms with Gasteiger partial charge in [0.1, 0.15) is 6.61 Å². The third kappa shape index (κ3) is 4.70. The van der Waals surface area contributed by atoms with Crippen molar-refractivity contribution in [2.45, 2.75) is 25.7 Å². The standard InChI is InChI=1S/C13H17NO3/c1-3-12(10(2)15)14-13(16)17-9-11-7-5-4-6-8-11/h3-8,10,12,15H,1,9H2,2H3,(H,14,16). The molecule has 0 aliphatic rings. The van der Waals surface area contributed by atoms with E-state index >= 15 is 0 Å². The highest BCUT2D eigenvalue weighted by atomic mass is 16.5. The van der Waals surface area contributed by atoms with E-state index in [2.05, 4.69) is 11.9 Å². The molecular formula is C13H17NO3. The van der Waals surface area contributed by atoms with Gasteiger partial charge in [-0.3, -0.25) is 0 Å². The van der Waals surface area contributed by atoms with E-state index in [1.165, 1.54) is 6.08 Å². The number of aliphatic hydroxyl groups excluding tert-OH is 1. The van der Waals surface area contributed by atoms with Gasteiger partial charge in [0.25, 0.3) is 0 Å². The van der Waals surface area contributed by atoms with Gasteiger partial charge in [-0.25, -0.2) is 4.79 Å². The second-order valence-corrected chi connectivity index (χ2v) is 3.71. The summed E-state index contributed by atoms with van der Waals surface area (Å²) in [4.78, 5) is 11.4. The van der Waals surface area contributed by atoms with Crippen molar-refractivity contribution in [3.63, 3.8) is 0 Å². The zero-order valence-electron chi connectivity index (χ0n) is 9.80. The quantitative estimate of drug-likeness (QED) is 0.766. The number of carbonyl (C=O) groups is 1. The van der Waals surface area contributed by atoms with E-state index in [1.807, 2.05) is 30.3 Å². The van der Waals surface area contributed by atoms with Crippen LogP contribution in [0.4, 0.5) is 4.79 Å². The van der Waals surface area contributed by atoms with Gasteiger partial charge in [-0.2, -0.15) is 0 Å². The summed E-state index contributed by atoms with van der Waals surface area (Å²) in [5, 5.41) is 11.8. The Kier molecular flexibility index (Phi) is 5.23. The second kappa shape index (κ2) is 6.70. The molecule has 2 atom stereocenters. The van der Waals surface area contributed by atoms with Crippen LogP contribution >= 0.6 is 0 Å². The Balaban J connectivity index is 2.37. The molecule has 0 spiro atoms. The van der Waals surface area contributed by atoms with E-state index in [0.717, 1.165) is 5.56 Å². The summed E-state index contributed by atoms with van der Waals surface area (Å²) in [5.41, 5.74) is 0.912. The predicted molar refractivity (Wildman–Crippen MR) is 65.4 cm³/mol. The topological polar surface area (TPSA) is 58.6 Å². The van der Waals surface area contributed by atoms with Gasteiger partial charge in [0, 0.05) is 0 Å². The van der Waals surface area contributed by atoms with Crippen molar-refractivity contribution >= 4 is 6.09 Å². The number of hydrogen-bond donors (Lipinski definition) is 2. The number of benzene rings is 1. The van der Waals surface area contributed by atoms with Crippen LogP contribution in [0, 0.1) is 0 Å². The first-order valence-corrected chi connectivity index (χ1v) is 5.41. The second-order valence-electron chi connectivity index (χ2n) is 3.71. The van der Waals surface area contributed by atoms with Gasteiger partial charge in [-0.1, -0.05) is 36.4 Å². The normalized spacial score (nSPS) is 13.5. The Morgan fingerprint density at radius 2 is 2.18 bits per heavy atom. The van der Waals surface area contributed by atoms with Crippen molar-refractivity contribution in [1.82, 2.24) is 5.32 Å². The van der Waals surface area contributed by atoms with Gasteiger partial charge >= 0.3 is 6.09 Å². The molecule has 1 aromatic carbocycles. The van der Waals surface area contributed by atoms with Crippen LogP contribution < -0.4 is 5.32 Å². The van der Waals surface area contributed by atoms with Gasteiger partial charge in [-0.05, 0) is 12.5 Å². The minimum atomic E-state index is -0.697. The summed E-state index contributed by atoms with van der Waals surface area (Å²) in [6, 6.07) is 8.88. The largest absolute Gasteiger partial charge is 0.445 e. The Morgan fingerprint density at radius 1 is 1.53 bits per heavy atom. The Morgan fingerprint density at radius 3 is 2.71 bits per heavy atom. The van der Waals surface area contributed by atoms with Crippen molar-refractivity contribution in [1.29, 1.82) is 0 Å². The van der Waals surface area contributed by atoms with E-state index in [9.17, 15) is 9.90 Å². The molecule has 0 aliphatic carbocycles. The first-order valence-electron chi connectivity index (χ1n) is 5.41. The maximum Gasteiger partial charge on any atom is 0.408 e. The SMILES string of the molecule is C=CC(NC(=O)OCc1ccccc1)C(C)O. The van der Waals surface area contributed by atoms with Crippen molar-refractivity contribution < 1.29 is 14.6 Å². The first kappa shape index (κ1) is 13.3. The lowest BCUT2D eigenvalue weighted by atomic mass is 10.2. The summed E-state index contributed by atoms with van der Waals surface area (Å²) in [5.74, 6) is 0. The lowest BCUT2D eigenvalue weighted by Gasteiger charge is -2.17. The number of nitrogens with one attached hydrogen (secondary N) is 1. The molecule has 0 saturated heterocycles. The number of ether oxygens (including phenoxy) is 1. The molecule has 0 saturated carbocycles. The van der Waals surface area contributed by atoms with Crippen LogP contribution in [0.25, 0.3) is 0 Å². The number of hydrogen-bond acceptors (Lipinski definition) is 3. The Hall–Kier alpha value is -1.81. The molecule has 0 bridgehead atoms. The maximum absolute atomic E-state index is 11.4. The lowest BCUT2D eigenvalue weighted by molar-refractivity contribution is 0.119. The number of alkyl carbamates (subject to hydrolysis) is 1. The lowest BCUT2D eigenvalue weighted by Crippen LogP contribution is -2.40. The highest BCUT2D eigenvalue weighted by Crippen LogP contribution is 2.01. The molecule has 1 aromatic rings. The Bertz CT molecular complexity index is 362. The highest BCUT2D eigenvalue weighted by molar-refractivity contribution is 5.68. The maximum atomic E-state index is 11.4. The highest BCUT2D eigenvalue weighted by Gasteiger charge is 2.14. The number of rotatable bonds is 5. The monoisotopic (exact) mass is 235 g/mol. The molecule has 0 aromatic heterocycles. The van der Waals surface area contributed by atoms with Crippen molar-refractivity contribution in [3.05, 3.63) is 48.6 Å². The smallest absolute Gasteiger partial charge is 0.408 e. The number of carbonyl (C=O) groups excluding carboxylic acids is 1. The molecule has 4 heteroatoms. The van der Waals surface area contributed by atoms with Crippen molar-refractivity contribution in [2.75, 3.05) is 0 Å². The van der Waals surface area contributed by atoms with Gasteiger partial charge in [0.2, 0.25) is 0 Å². The fourth-order valence-corrected chi connectivity index (χ4v) is 1.28. The molecule has 1 amide bonds. The van der Waals surface area contributed by atoms with Crippen molar-refractivity contribution in [2.24, 2.45) is 0 Å². The number of aliphatic hydroxyl groups is 1. The first-order chi connectivity index (χ1) is 8.13. The van der Waals surface area contributed by atoms with E-state index in [0.29, 0.717) is 0 Å². The fourth-order valence-electron chi connectivity index (χ4n) is 1.28. The van der Waals surface area contributed by atoms with Gasteiger partial charge in [0.15, 0.2) is 0 Å². The number of amides is 1. The summed E-state index contributed by atoms with van der Waals surface area (Å²) in [7, 11) is 0. The van der Waals surface area contributed by atoms with Crippen LogP contribution in [0.3, 0.4) is 0 Å². The molecule has 0 aliphatic heterocycles. The van der Waals surface area contributed by atoms with Crippen LogP contribution in [0.1, 0.15) is 12.5 Å². The van der Waals surface area contributed by atoms with Crippen molar-refractivity contribution in [3.8, 4) is 0 Å². The van der Waals surface area contributed by atoms with Crippen LogP contribution in [0.5, 0.6) is 0 Å². The predicted octanol–water partition coefficient (Wildman–Crippen LogP) is 1.85. The summed E-state index contributed by atoms with van der Waals surface area (Å²) >= 11 is 0. The minimum absolute atomic E-state index is 0.205. The average molecular weight is 235 g/mol. The van der Waals surface area contributed by atoms with E-state index < -0.39 is 18.2 Å². The molecule has 0 radical (unpaired) electrons. The van der Waals surface area contributed by atoms with E-state index in [4.69, 9.17) is 4.74 Å². The third-order valence-corrected chi connectivity index (χ3v) is 2.27. The van der Waals surface area contributed by atoms with E-state index in [-0.39, 0.29) is 6.61 Å². The zero-order chi connectivity index (χ0) is 12.7. The average Bonchev–Trinajstić information content (AvgIpc) is 2.34. The molecular weight excluding hydrogens is 218 g/mol. The van der Waals surface area contributed by atoms with Crippen LogP contribution in [-0.4, -0.2) is 23.3 Å². The van der Waals surface area contributed by atoms with Gasteiger partial charge in [-0.15, -0.1) is 6.58 Å². The van der Waals surface area contributed by atoms with E-state index in [1.54, 1.807) is 6.92 Å². The van der Waals surface area contributed by atoms with Gasteiger partial charge < -0.3 is 15.2 Å². The van der Waals surface area contributed by atoms with Crippen LogP contribution in [-0.2, 0) is 11.3 Å². The van der Waals surface area contributed by atoms with Crippen LogP contribution in [0.15, 0.2) is 43.0 Å². The third-order valence-electron chi connectivity index (χ3n) is 2.27. The molecule has 0 fully saturated rings. The minimum Gasteiger partial charge on any atom is -0.445 e.